The second-order valence-corrected chi connectivity index (χ2v) is 2.50. The van der Waals surface area contributed by atoms with Crippen LogP contribution >= 0.6 is 0 Å². The molecular weight excluding hydrogens is 176 g/mol. The van der Waals surface area contributed by atoms with Crippen LogP contribution in [0, 0.1) is 11.8 Å². The Hall–Kier alpha value is -1.62. The van der Waals surface area contributed by atoms with Crippen LogP contribution < -0.4 is 0 Å². The predicted octanol–water partition coefficient (Wildman–Crippen LogP) is -0.311. The summed E-state index contributed by atoms with van der Waals surface area (Å²) in [6, 6.07) is 0. The lowest BCUT2D eigenvalue weighted by Gasteiger charge is -2.15. The minimum absolute atomic E-state index is 0. The Bertz CT molecular complexity index is 238. The van der Waals surface area contributed by atoms with Gasteiger partial charge in [-0.25, -0.2) is 0 Å². The lowest BCUT2D eigenvalue weighted by atomic mass is 9.89. The number of carboxylic acid groups (broad SMARTS) is 2. The summed E-state index contributed by atoms with van der Waals surface area (Å²) in [6.07, 6.45) is 5.83. The summed E-state index contributed by atoms with van der Waals surface area (Å²) in [6.45, 7) is 0. The third-order valence-electron chi connectivity index (χ3n) is 1.71. The van der Waals surface area contributed by atoms with Crippen LogP contribution in [-0.2, 0) is 9.59 Å². The molecule has 0 aromatic carbocycles. The van der Waals surface area contributed by atoms with Gasteiger partial charge in [-0.1, -0.05) is 24.3 Å². The number of carboxylic acids is 2. The van der Waals surface area contributed by atoms with Gasteiger partial charge in [-0.3, -0.25) is 9.59 Å². The molecule has 0 heterocycles. The van der Waals surface area contributed by atoms with Gasteiger partial charge in [-0.05, 0) is 0 Å². The third kappa shape index (κ3) is 2.41. The number of hydrogen-bond donors (Lipinski definition) is 2. The Balaban J connectivity index is 0.00000144. The van der Waals surface area contributed by atoms with Gasteiger partial charge in [0.2, 0.25) is 0 Å². The third-order valence-corrected chi connectivity index (χ3v) is 1.71. The molecule has 13 heavy (non-hydrogen) atoms. The minimum atomic E-state index is -1.11. The van der Waals surface area contributed by atoms with Crippen LogP contribution in [0.4, 0.5) is 0 Å². The molecule has 1 aliphatic rings. The van der Waals surface area contributed by atoms with E-state index in [1.54, 1.807) is 0 Å². The first kappa shape index (κ1) is 11.4. The molecule has 4 N–H and O–H groups in total. The fourth-order valence-corrected chi connectivity index (χ4v) is 1.08. The van der Waals surface area contributed by atoms with Crippen LogP contribution in [-0.4, -0.2) is 27.6 Å². The van der Waals surface area contributed by atoms with Gasteiger partial charge >= 0.3 is 11.9 Å². The number of carbonyl (C=O) groups is 2. The molecule has 1 rings (SSSR count). The van der Waals surface area contributed by atoms with E-state index >= 15 is 0 Å². The van der Waals surface area contributed by atoms with Crippen molar-refractivity contribution in [1.29, 1.82) is 0 Å². The largest absolute Gasteiger partial charge is 0.481 e. The van der Waals surface area contributed by atoms with Crippen LogP contribution in [0.15, 0.2) is 24.3 Å². The highest BCUT2D eigenvalue weighted by atomic mass is 16.4. The minimum Gasteiger partial charge on any atom is -0.481 e. The van der Waals surface area contributed by atoms with E-state index in [4.69, 9.17) is 10.2 Å². The summed E-state index contributed by atoms with van der Waals surface area (Å²) >= 11 is 0. The first-order valence-corrected chi connectivity index (χ1v) is 3.43. The molecule has 1 aliphatic carbocycles. The van der Waals surface area contributed by atoms with Gasteiger partial charge in [0.25, 0.3) is 0 Å². The maximum atomic E-state index is 10.5. The second-order valence-electron chi connectivity index (χ2n) is 2.50. The monoisotopic (exact) mass is 186 g/mol. The first-order valence-electron chi connectivity index (χ1n) is 3.43. The zero-order valence-electron chi connectivity index (χ0n) is 6.68. The zero-order valence-corrected chi connectivity index (χ0v) is 6.68. The number of allylic oxidation sites excluding steroid dienone is 2. The van der Waals surface area contributed by atoms with Crippen LogP contribution in [0.3, 0.4) is 0 Å². The van der Waals surface area contributed by atoms with E-state index in [1.807, 2.05) is 0 Å². The molecule has 0 saturated heterocycles. The van der Waals surface area contributed by atoms with E-state index in [0.717, 1.165) is 0 Å². The molecule has 0 saturated carbocycles. The molecule has 0 fully saturated rings. The summed E-state index contributed by atoms with van der Waals surface area (Å²) < 4.78 is 0. The van der Waals surface area contributed by atoms with Crippen molar-refractivity contribution in [3.8, 4) is 0 Å². The molecule has 5 heteroatoms. The highest BCUT2D eigenvalue weighted by Crippen LogP contribution is 2.19. The van der Waals surface area contributed by atoms with Crippen molar-refractivity contribution in [3.63, 3.8) is 0 Å². The van der Waals surface area contributed by atoms with Gasteiger partial charge in [-0.2, -0.15) is 0 Å². The highest BCUT2D eigenvalue weighted by molar-refractivity contribution is 5.83. The number of rotatable bonds is 2. The lowest BCUT2D eigenvalue weighted by molar-refractivity contribution is -0.149. The standard InChI is InChI=1S/C8H8O4.H2O/c9-7(10)5-3-1-2-4-6(5)8(11)12;/h1-6H,(H,9,10)(H,11,12);1H2. The van der Waals surface area contributed by atoms with Crippen LogP contribution in [0.1, 0.15) is 0 Å². The van der Waals surface area contributed by atoms with Gasteiger partial charge < -0.3 is 15.7 Å². The van der Waals surface area contributed by atoms with E-state index in [1.165, 1.54) is 24.3 Å². The molecule has 0 aromatic heterocycles. The molecular formula is C8H10O5. The molecule has 0 aromatic rings. The smallest absolute Gasteiger partial charge is 0.311 e. The maximum absolute atomic E-state index is 10.5. The van der Waals surface area contributed by atoms with Gasteiger partial charge in [0, 0.05) is 0 Å². The Morgan fingerprint density at radius 2 is 1.23 bits per heavy atom. The summed E-state index contributed by atoms with van der Waals surface area (Å²) in [4.78, 5) is 21.0. The van der Waals surface area contributed by atoms with Crippen molar-refractivity contribution in [2.45, 2.75) is 0 Å². The quantitative estimate of drug-likeness (QED) is 0.616. The van der Waals surface area contributed by atoms with Crippen molar-refractivity contribution >= 4 is 11.9 Å². The summed E-state index contributed by atoms with van der Waals surface area (Å²) in [5.74, 6) is -4.09. The van der Waals surface area contributed by atoms with Crippen LogP contribution in [0.25, 0.3) is 0 Å². The molecule has 0 spiro atoms. The van der Waals surface area contributed by atoms with E-state index < -0.39 is 23.8 Å². The van der Waals surface area contributed by atoms with Gasteiger partial charge in [0.1, 0.15) is 0 Å². The fraction of sp³-hybridized carbons (Fsp3) is 0.250. The van der Waals surface area contributed by atoms with Crippen molar-refractivity contribution in [2.75, 3.05) is 0 Å². The number of aliphatic carboxylic acids is 2. The van der Waals surface area contributed by atoms with Crippen molar-refractivity contribution in [1.82, 2.24) is 0 Å². The Morgan fingerprint density at radius 1 is 0.923 bits per heavy atom. The molecule has 2 unspecified atom stereocenters. The Kier molecular flexibility index (Phi) is 3.87. The average Bonchev–Trinajstić information content (AvgIpc) is 2.04. The number of hydrogen-bond acceptors (Lipinski definition) is 2. The van der Waals surface area contributed by atoms with Gasteiger partial charge in [-0.15, -0.1) is 0 Å². The van der Waals surface area contributed by atoms with Gasteiger partial charge in [0.05, 0.1) is 11.8 Å². The van der Waals surface area contributed by atoms with Crippen LogP contribution in [0.2, 0.25) is 0 Å². The molecule has 0 bridgehead atoms. The molecule has 0 radical (unpaired) electrons. The van der Waals surface area contributed by atoms with E-state index in [0.29, 0.717) is 0 Å². The molecule has 5 nitrogen and oxygen atoms in total. The molecule has 0 aliphatic heterocycles. The summed E-state index contributed by atoms with van der Waals surface area (Å²) in [5.41, 5.74) is 0. The lowest BCUT2D eigenvalue weighted by Crippen LogP contribution is -2.27. The molecule has 0 amide bonds. The molecule has 72 valence electrons. The predicted molar refractivity (Wildman–Crippen MR) is 44.1 cm³/mol. The normalized spacial score (nSPS) is 24.9. The summed E-state index contributed by atoms with van der Waals surface area (Å²) in [5, 5.41) is 17.2. The van der Waals surface area contributed by atoms with E-state index in [9.17, 15) is 9.59 Å². The Morgan fingerprint density at radius 3 is 1.46 bits per heavy atom. The maximum Gasteiger partial charge on any atom is 0.311 e. The van der Waals surface area contributed by atoms with Crippen molar-refractivity contribution in [2.24, 2.45) is 11.8 Å². The van der Waals surface area contributed by atoms with E-state index in [2.05, 4.69) is 0 Å². The topological polar surface area (TPSA) is 106 Å². The average molecular weight is 186 g/mol. The van der Waals surface area contributed by atoms with Crippen molar-refractivity contribution < 1.29 is 25.3 Å². The summed E-state index contributed by atoms with van der Waals surface area (Å²) in [7, 11) is 0. The highest BCUT2D eigenvalue weighted by Gasteiger charge is 2.30. The van der Waals surface area contributed by atoms with Crippen molar-refractivity contribution in [3.05, 3.63) is 24.3 Å². The van der Waals surface area contributed by atoms with Crippen LogP contribution in [0.5, 0.6) is 0 Å². The second kappa shape index (κ2) is 4.42. The zero-order chi connectivity index (χ0) is 9.14. The fourth-order valence-electron chi connectivity index (χ4n) is 1.08. The SMILES string of the molecule is O.O=C(O)C1C=CC=CC1C(=O)O. The molecule has 2 atom stereocenters. The van der Waals surface area contributed by atoms with E-state index in [-0.39, 0.29) is 5.48 Å². The first-order chi connectivity index (χ1) is 5.63. The van der Waals surface area contributed by atoms with Gasteiger partial charge in [0.15, 0.2) is 0 Å². The Labute approximate surface area is 74.3 Å².